The van der Waals surface area contributed by atoms with Gasteiger partial charge in [0.1, 0.15) is 6.04 Å². The summed E-state index contributed by atoms with van der Waals surface area (Å²) in [6.45, 7) is 5.92. The molecular weight excluding hydrogens is 168 g/mol. The monoisotopic (exact) mass is 186 g/mol. The van der Waals surface area contributed by atoms with E-state index < -0.39 is 0 Å². The first-order valence-electron chi connectivity index (χ1n) is 4.08. The molecule has 13 heavy (non-hydrogen) atoms. The van der Waals surface area contributed by atoms with Gasteiger partial charge in [-0.25, -0.2) is 4.79 Å². The van der Waals surface area contributed by atoms with Crippen molar-refractivity contribution in [2.45, 2.75) is 40.7 Å². The molecule has 0 radical (unpaired) electrons. The van der Waals surface area contributed by atoms with E-state index in [2.05, 4.69) is 10.6 Å². The molecule has 0 aliphatic carbocycles. The van der Waals surface area contributed by atoms with Crippen molar-refractivity contribution in [3.05, 3.63) is 0 Å². The molecule has 1 unspecified atom stereocenters. The molecule has 0 spiro atoms. The maximum Gasteiger partial charge on any atom is 0.322 e. The molecule has 2 N–H and O–H groups in total. The van der Waals surface area contributed by atoms with E-state index in [9.17, 15) is 9.59 Å². The predicted octanol–water partition coefficient (Wildman–Crippen LogP) is 1.27. The Labute approximate surface area is 79.1 Å². The van der Waals surface area contributed by atoms with Crippen LogP contribution in [0.3, 0.4) is 0 Å². The highest BCUT2D eigenvalue weighted by Crippen LogP contribution is 2.26. The molecule has 76 valence electrons. The topological polar surface area (TPSA) is 58.2 Å². The Morgan fingerprint density at radius 3 is 2.23 bits per heavy atom. The van der Waals surface area contributed by atoms with E-state index in [1.54, 1.807) is 0 Å². The molecule has 1 saturated heterocycles. The van der Waals surface area contributed by atoms with Gasteiger partial charge in [-0.1, -0.05) is 28.2 Å². The Balaban J connectivity index is 0.00000144. The summed E-state index contributed by atoms with van der Waals surface area (Å²) in [6.07, 6.45) is 0.853. The largest absolute Gasteiger partial charge is 0.325 e. The summed E-state index contributed by atoms with van der Waals surface area (Å²) in [7, 11) is 0. The third-order valence-electron chi connectivity index (χ3n) is 2.47. The number of hydrogen-bond acceptors (Lipinski definition) is 2. The molecule has 1 rings (SSSR count). The van der Waals surface area contributed by atoms with E-state index in [1.807, 2.05) is 20.8 Å². The van der Waals surface area contributed by atoms with Crippen LogP contribution in [0.25, 0.3) is 0 Å². The van der Waals surface area contributed by atoms with Crippen molar-refractivity contribution >= 4 is 11.9 Å². The zero-order valence-corrected chi connectivity index (χ0v) is 7.60. The fraction of sp³-hybridized carbons (Fsp3) is 0.778. The van der Waals surface area contributed by atoms with Gasteiger partial charge in [0.25, 0.3) is 5.91 Å². The lowest BCUT2D eigenvalue weighted by Gasteiger charge is -2.27. The Hall–Kier alpha value is -1.06. The molecule has 0 aromatic rings. The first-order valence-corrected chi connectivity index (χ1v) is 4.08. The van der Waals surface area contributed by atoms with E-state index in [0.29, 0.717) is 0 Å². The third kappa shape index (κ3) is 2.20. The third-order valence-corrected chi connectivity index (χ3v) is 2.47. The molecule has 0 aromatic carbocycles. The average Bonchev–Trinajstić information content (AvgIpc) is 2.31. The predicted molar refractivity (Wildman–Crippen MR) is 51.3 cm³/mol. The second kappa shape index (κ2) is 3.77. The van der Waals surface area contributed by atoms with Gasteiger partial charge in [0.15, 0.2) is 0 Å². The van der Waals surface area contributed by atoms with Crippen molar-refractivity contribution < 1.29 is 9.59 Å². The van der Waals surface area contributed by atoms with Crippen molar-refractivity contribution in [2.24, 2.45) is 5.41 Å². The lowest BCUT2D eigenvalue weighted by molar-refractivity contribution is -0.122. The maximum atomic E-state index is 11.2. The first-order chi connectivity index (χ1) is 5.47. The van der Waals surface area contributed by atoms with Crippen molar-refractivity contribution in [3.8, 4) is 0 Å². The number of nitrogens with one attached hydrogen (secondary N) is 2. The van der Waals surface area contributed by atoms with Crippen LogP contribution < -0.4 is 10.6 Å². The molecule has 4 heteroatoms. The Bertz CT molecular complexity index is 224. The lowest BCUT2D eigenvalue weighted by atomic mass is 9.82. The van der Waals surface area contributed by atoms with Crippen LogP contribution >= 0.6 is 0 Å². The maximum absolute atomic E-state index is 11.2. The second-order valence-electron chi connectivity index (χ2n) is 3.74. The number of carbonyl (C=O) groups is 2. The fourth-order valence-electron chi connectivity index (χ4n) is 1.17. The van der Waals surface area contributed by atoms with Crippen molar-refractivity contribution in [3.63, 3.8) is 0 Å². The van der Waals surface area contributed by atoms with Gasteiger partial charge >= 0.3 is 6.03 Å². The minimum atomic E-state index is -0.383. The summed E-state index contributed by atoms with van der Waals surface area (Å²) in [4.78, 5) is 22.0. The molecule has 1 atom stereocenters. The number of carbonyl (C=O) groups excluding carboxylic acids is 2. The molecule has 1 fully saturated rings. The Morgan fingerprint density at radius 1 is 1.38 bits per heavy atom. The van der Waals surface area contributed by atoms with E-state index in [1.165, 1.54) is 0 Å². The zero-order chi connectivity index (χ0) is 9.35. The number of rotatable bonds is 2. The molecule has 3 amide bonds. The van der Waals surface area contributed by atoms with Crippen LogP contribution in [0.5, 0.6) is 0 Å². The summed E-state index contributed by atoms with van der Waals surface area (Å²) in [5, 5.41) is 4.81. The minimum Gasteiger partial charge on any atom is -0.325 e. The van der Waals surface area contributed by atoms with Crippen molar-refractivity contribution in [2.75, 3.05) is 0 Å². The van der Waals surface area contributed by atoms with Gasteiger partial charge < -0.3 is 5.32 Å². The Kier molecular flexibility index (Phi) is 3.46. The average molecular weight is 186 g/mol. The second-order valence-corrected chi connectivity index (χ2v) is 3.74. The molecule has 0 bridgehead atoms. The number of imide groups is 1. The number of urea groups is 1. The summed E-state index contributed by atoms with van der Waals surface area (Å²) in [5.74, 6) is -0.216. The minimum absolute atomic E-state index is 0. The molecule has 0 aromatic heterocycles. The summed E-state index contributed by atoms with van der Waals surface area (Å²) in [5.41, 5.74) is -0.170. The highest BCUT2D eigenvalue weighted by atomic mass is 16.2. The van der Waals surface area contributed by atoms with Crippen LogP contribution in [0.4, 0.5) is 4.79 Å². The standard InChI is InChI=1S/C8H14N2O2.CH4/c1-4-8(2,3)5-6(11)10-7(12)9-5;/h5H,4H2,1-3H3,(H2,9,10,11,12);1H4. The van der Waals surface area contributed by atoms with E-state index in [-0.39, 0.29) is 30.8 Å². The van der Waals surface area contributed by atoms with Gasteiger partial charge in [-0.05, 0) is 11.8 Å². The van der Waals surface area contributed by atoms with Gasteiger partial charge in [-0.3, -0.25) is 10.1 Å². The molecule has 1 heterocycles. The Morgan fingerprint density at radius 2 is 1.92 bits per heavy atom. The van der Waals surface area contributed by atoms with Gasteiger partial charge in [-0.2, -0.15) is 0 Å². The molecule has 1 aliphatic rings. The van der Waals surface area contributed by atoms with Crippen LogP contribution in [-0.2, 0) is 4.79 Å². The smallest absolute Gasteiger partial charge is 0.322 e. The summed E-state index contributed by atoms with van der Waals surface area (Å²) < 4.78 is 0. The lowest BCUT2D eigenvalue weighted by Crippen LogP contribution is -2.42. The van der Waals surface area contributed by atoms with E-state index in [4.69, 9.17) is 0 Å². The normalized spacial score (nSPS) is 21.9. The van der Waals surface area contributed by atoms with Crippen LogP contribution in [0.1, 0.15) is 34.6 Å². The highest BCUT2D eigenvalue weighted by Gasteiger charge is 2.40. The van der Waals surface area contributed by atoms with Crippen LogP contribution in [0.2, 0.25) is 0 Å². The summed E-state index contributed by atoms with van der Waals surface area (Å²) in [6, 6.07) is -0.762. The fourth-order valence-corrected chi connectivity index (χ4v) is 1.17. The first kappa shape index (κ1) is 11.9. The van der Waals surface area contributed by atoms with Gasteiger partial charge in [0, 0.05) is 0 Å². The quantitative estimate of drug-likeness (QED) is 0.638. The summed E-state index contributed by atoms with van der Waals surface area (Å²) >= 11 is 0. The molecular formula is C9H18N2O2. The van der Waals surface area contributed by atoms with Crippen LogP contribution in [-0.4, -0.2) is 18.0 Å². The number of hydrogen-bond donors (Lipinski definition) is 2. The highest BCUT2D eigenvalue weighted by molar-refractivity contribution is 6.04. The molecule has 0 saturated carbocycles. The van der Waals surface area contributed by atoms with E-state index in [0.717, 1.165) is 6.42 Å². The molecule has 4 nitrogen and oxygen atoms in total. The number of amides is 3. The van der Waals surface area contributed by atoms with E-state index >= 15 is 0 Å². The zero-order valence-electron chi connectivity index (χ0n) is 7.60. The van der Waals surface area contributed by atoms with Crippen molar-refractivity contribution in [1.29, 1.82) is 0 Å². The van der Waals surface area contributed by atoms with Crippen molar-refractivity contribution in [1.82, 2.24) is 10.6 Å². The SMILES string of the molecule is C.CCC(C)(C)C1NC(=O)NC1=O. The van der Waals surface area contributed by atoms with Gasteiger partial charge in [0.05, 0.1) is 0 Å². The van der Waals surface area contributed by atoms with Crippen LogP contribution in [0.15, 0.2) is 0 Å². The molecule has 1 aliphatic heterocycles. The van der Waals surface area contributed by atoms with Gasteiger partial charge in [-0.15, -0.1) is 0 Å². The van der Waals surface area contributed by atoms with Crippen LogP contribution in [0, 0.1) is 5.41 Å². The van der Waals surface area contributed by atoms with Gasteiger partial charge in [0.2, 0.25) is 0 Å².